The molecule has 0 aliphatic rings. The van der Waals surface area contributed by atoms with Crippen LogP contribution >= 0.6 is 0 Å². The molecule has 0 saturated heterocycles. The minimum Gasteiger partial charge on any atom is -0.324 e. The van der Waals surface area contributed by atoms with Crippen LogP contribution in [0, 0.1) is 12.3 Å². The van der Waals surface area contributed by atoms with Crippen LogP contribution in [0.5, 0.6) is 0 Å². The predicted molar refractivity (Wildman–Crippen MR) is 139 cm³/mol. The van der Waals surface area contributed by atoms with Crippen LogP contribution in [0.25, 0.3) is 16.8 Å². The number of para-hydroxylation sites is 1. The van der Waals surface area contributed by atoms with Crippen molar-refractivity contribution in [3.05, 3.63) is 102 Å². The molecular formula is C29H32N4. The van der Waals surface area contributed by atoms with E-state index in [1.165, 1.54) is 22.3 Å². The second kappa shape index (κ2) is 9.86. The van der Waals surface area contributed by atoms with Gasteiger partial charge in [-0.15, -0.1) is 0 Å². The van der Waals surface area contributed by atoms with Gasteiger partial charge < -0.3 is 4.90 Å². The maximum Gasteiger partial charge on any atom is 0.180 e. The van der Waals surface area contributed by atoms with Gasteiger partial charge in [0.1, 0.15) is 0 Å². The Morgan fingerprint density at radius 1 is 0.879 bits per heavy atom. The van der Waals surface area contributed by atoms with E-state index in [0.717, 1.165) is 29.8 Å². The molecule has 0 bridgehead atoms. The SMILES string of the molecule is CCc1cccc(CC)c1-c1ccc(N(CC)C(=N)c2nccn2-c2ccccc2C)cc1. The zero-order chi connectivity index (χ0) is 23.4. The van der Waals surface area contributed by atoms with Gasteiger partial charge in [-0.25, -0.2) is 4.98 Å². The number of aromatic nitrogens is 2. The summed E-state index contributed by atoms with van der Waals surface area (Å²) in [5, 5.41) is 8.99. The molecule has 4 nitrogen and oxygen atoms in total. The quantitative estimate of drug-likeness (QED) is 0.255. The third-order valence-electron chi connectivity index (χ3n) is 6.28. The summed E-state index contributed by atoms with van der Waals surface area (Å²) < 4.78 is 2.00. The van der Waals surface area contributed by atoms with E-state index >= 15 is 0 Å². The molecule has 4 rings (SSSR count). The maximum atomic E-state index is 8.99. The zero-order valence-electron chi connectivity index (χ0n) is 20.0. The normalized spacial score (nSPS) is 10.9. The zero-order valence-corrected chi connectivity index (χ0v) is 20.0. The minimum atomic E-state index is 0.390. The first kappa shape index (κ1) is 22.5. The van der Waals surface area contributed by atoms with E-state index in [2.05, 4.69) is 87.3 Å². The summed E-state index contributed by atoms with van der Waals surface area (Å²) in [6.45, 7) is 9.26. The number of hydrogen-bond donors (Lipinski definition) is 1. The molecule has 4 heteroatoms. The molecule has 0 unspecified atom stereocenters. The summed E-state index contributed by atoms with van der Waals surface area (Å²) in [6.07, 6.45) is 5.72. The van der Waals surface area contributed by atoms with Gasteiger partial charge in [0.05, 0.1) is 5.69 Å². The second-order valence-electron chi connectivity index (χ2n) is 8.21. The monoisotopic (exact) mass is 436 g/mol. The van der Waals surface area contributed by atoms with Gasteiger partial charge in [-0.1, -0.05) is 62.4 Å². The Kier molecular flexibility index (Phi) is 6.74. The van der Waals surface area contributed by atoms with Crippen molar-refractivity contribution in [2.24, 2.45) is 0 Å². The molecule has 0 aliphatic carbocycles. The van der Waals surface area contributed by atoms with Crippen molar-refractivity contribution < 1.29 is 0 Å². The lowest BCUT2D eigenvalue weighted by Crippen LogP contribution is -2.32. The minimum absolute atomic E-state index is 0.390. The number of anilines is 1. The van der Waals surface area contributed by atoms with Crippen LogP contribution in [0.4, 0.5) is 5.69 Å². The van der Waals surface area contributed by atoms with Crippen molar-refractivity contribution >= 4 is 11.5 Å². The lowest BCUT2D eigenvalue weighted by molar-refractivity contribution is 0.972. The molecule has 1 heterocycles. The molecular weight excluding hydrogens is 404 g/mol. The molecule has 1 N–H and O–H groups in total. The van der Waals surface area contributed by atoms with Gasteiger partial charge in [-0.2, -0.15) is 0 Å². The topological polar surface area (TPSA) is 44.9 Å². The summed E-state index contributed by atoms with van der Waals surface area (Å²) >= 11 is 0. The lowest BCUT2D eigenvalue weighted by Gasteiger charge is -2.24. The van der Waals surface area contributed by atoms with E-state index in [1.54, 1.807) is 6.20 Å². The van der Waals surface area contributed by atoms with Gasteiger partial charge in [0, 0.05) is 24.6 Å². The molecule has 0 fully saturated rings. The van der Waals surface area contributed by atoms with E-state index < -0.39 is 0 Å². The van der Waals surface area contributed by atoms with Crippen molar-refractivity contribution in [1.29, 1.82) is 5.41 Å². The van der Waals surface area contributed by atoms with E-state index in [0.29, 0.717) is 18.2 Å². The largest absolute Gasteiger partial charge is 0.324 e. The number of imidazole rings is 1. The summed E-state index contributed by atoms with van der Waals surface area (Å²) in [5.41, 5.74) is 8.53. The first-order chi connectivity index (χ1) is 16.1. The standard InChI is InChI=1S/C29H32N4/c1-5-22-12-10-13-23(6-2)27(22)24-15-17-25(18-16-24)32(7-3)28(30)29-31-19-20-33(29)26-14-9-8-11-21(26)4/h8-20,30H,5-7H2,1-4H3. The van der Waals surface area contributed by atoms with Crippen LogP contribution in [-0.2, 0) is 12.8 Å². The molecule has 0 saturated carbocycles. The average molecular weight is 437 g/mol. The molecule has 0 radical (unpaired) electrons. The number of aryl methyl sites for hydroxylation is 3. The summed E-state index contributed by atoms with van der Waals surface area (Å²) in [7, 11) is 0. The fourth-order valence-electron chi connectivity index (χ4n) is 4.52. The molecule has 1 aromatic heterocycles. The van der Waals surface area contributed by atoms with E-state index in [1.807, 2.05) is 27.8 Å². The smallest absolute Gasteiger partial charge is 0.180 e. The predicted octanol–water partition coefficient (Wildman–Crippen LogP) is 6.82. The third kappa shape index (κ3) is 4.34. The van der Waals surface area contributed by atoms with Gasteiger partial charge >= 0.3 is 0 Å². The fraction of sp³-hybridized carbons (Fsp3) is 0.241. The maximum absolute atomic E-state index is 8.99. The Morgan fingerprint density at radius 3 is 2.15 bits per heavy atom. The number of benzene rings is 3. The van der Waals surface area contributed by atoms with Crippen molar-refractivity contribution in [2.45, 2.75) is 40.5 Å². The third-order valence-corrected chi connectivity index (χ3v) is 6.28. The first-order valence-electron chi connectivity index (χ1n) is 11.8. The Labute approximate surface area is 197 Å². The highest BCUT2D eigenvalue weighted by molar-refractivity contribution is 6.06. The van der Waals surface area contributed by atoms with Crippen LogP contribution in [0.2, 0.25) is 0 Å². The number of amidine groups is 1. The average Bonchev–Trinajstić information content (AvgIpc) is 3.34. The van der Waals surface area contributed by atoms with Gasteiger partial charge in [0.15, 0.2) is 11.7 Å². The number of rotatable bonds is 7. The number of nitrogens with one attached hydrogen (secondary N) is 1. The van der Waals surface area contributed by atoms with Crippen molar-refractivity contribution in [2.75, 3.05) is 11.4 Å². The van der Waals surface area contributed by atoms with E-state index in [4.69, 9.17) is 5.41 Å². The molecule has 0 atom stereocenters. The Hall–Kier alpha value is -3.66. The van der Waals surface area contributed by atoms with Crippen molar-refractivity contribution in [3.63, 3.8) is 0 Å². The molecule has 0 spiro atoms. The summed E-state index contributed by atoms with van der Waals surface area (Å²) in [5.74, 6) is 1.03. The Morgan fingerprint density at radius 2 is 1.55 bits per heavy atom. The van der Waals surface area contributed by atoms with Crippen LogP contribution in [0.15, 0.2) is 79.1 Å². The van der Waals surface area contributed by atoms with E-state index in [-0.39, 0.29) is 0 Å². The van der Waals surface area contributed by atoms with Crippen LogP contribution < -0.4 is 4.90 Å². The summed E-state index contributed by atoms with van der Waals surface area (Å²) in [4.78, 5) is 6.54. The molecule has 0 aliphatic heterocycles. The van der Waals surface area contributed by atoms with E-state index in [9.17, 15) is 0 Å². The number of nitrogens with zero attached hydrogens (tertiary/aromatic N) is 3. The van der Waals surface area contributed by atoms with Gasteiger partial charge in [-0.05, 0) is 72.7 Å². The molecule has 168 valence electrons. The Bertz CT molecular complexity index is 1230. The molecule has 4 aromatic rings. The highest BCUT2D eigenvalue weighted by Gasteiger charge is 2.19. The molecule has 0 amide bonds. The van der Waals surface area contributed by atoms with Crippen LogP contribution in [0.3, 0.4) is 0 Å². The van der Waals surface area contributed by atoms with Crippen molar-refractivity contribution in [1.82, 2.24) is 9.55 Å². The first-order valence-corrected chi connectivity index (χ1v) is 11.8. The molecule has 3 aromatic carbocycles. The van der Waals surface area contributed by atoms with Gasteiger partial charge in [-0.3, -0.25) is 9.98 Å². The lowest BCUT2D eigenvalue weighted by atomic mass is 9.92. The second-order valence-corrected chi connectivity index (χ2v) is 8.21. The highest BCUT2D eigenvalue weighted by atomic mass is 15.2. The van der Waals surface area contributed by atoms with Crippen molar-refractivity contribution in [3.8, 4) is 16.8 Å². The number of hydrogen-bond acceptors (Lipinski definition) is 2. The van der Waals surface area contributed by atoms with Gasteiger partial charge in [0.2, 0.25) is 0 Å². The summed E-state index contributed by atoms with van der Waals surface area (Å²) in [6, 6.07) is 23.4. The Balaban J connectivity index is 1.68. The van der Waals surface area contributed by atoms with Crippen LogP contribution in [0.1, 0.15) is 43.3 Å². The fourth-order valence-corrected chi connectivity index (χ4v) is 4.52. The van der Waals surface area contributed by atoms with Crippen LogP contribution in [-0.4, -0.2) is 21.9 Å². The van der Waals surface area contributed by atoms with Gasteiger partial charge in [0.25, 0.3) is 0 Å². The highest BCUT2D eigenvalue weighted by Crippen LogP contribution is 2.31. The molecule has 33 heavy (non-hydrogen) atoms.